The lowest BCUT2D eigenvalue weighted by atomic mass is 9.79. The number of piperidine rings is 1. The van der Waals surface area contributed by atoms with Crippen molar-refractivity contribution in [2.45, 2.75) is 49.5 Å². The number of rotatable bonds is 13. The maximum absolute atomic E-state index is 13.9. The molecule has 4 rings (SSSR count). The number of halogens is 1. The molecule has 6 nitrogen and oxygen atoms in total. The number of pyridine rings is 1. The molecule has 1 aromatic heterocycles. The highest BCUT2D eigenvalue weighted by Gasteiger charge is 2.30. The van der Waals surface area contributed by atoms with Gasteiger partial charge in [0.15, 0.2) is 0 Å². The Balaban J connectivity index is 1.32. The number of hydrogen-bond donors (Lipinski definition) is 2. The first-order valence-electron chi connectivity index (χ1n) is 13.4. The molecule has 2 unspecified atom stereocenters. The van der Waals surface area contributed by atoms with Gasteiger partial charge in [0.25, 0.3) is 0 Å². The molecule has 0 bridgehead atoms. The smallest absolute Gasteiger partial charge is 0.303 e. The molecular weight excluding hydrogens is 503 g/mol. The van der Waals surface area contributed by atoms with Crippen LogP contribution in [0.4, 0.5) is 4.39 Å². The van der Waals surface area contributed by atoms with Crippen molar-refractivity contribution in [1.82, 2.24) is 9.88 Å². The van der Waals surface area contributed by atoms with E-state index in [0.717, 1.165) is 66.9 Å². The summed E-state index contributed by atoms with van der Waals surface area (Å²) in [6, 6.07) is 14.4. The third kappa shape index (κ3) is 7.68. The minimum absolute atomic E-state index is 0.162. The van der Waals surface area contributed by atoms with Gasteiger partial charge in [0.1, 0.15) is 11.6 Å². The number of aliphatic hydroxyl groups is 1. The number of likely N-dealkylation sites (tertiary alicyclic amines) is 1. The lowest BCUT2D eigenvalue weighted by molar-refractivity contribution is -0.137. The fourth-order valence-corrected chi connectivity index (χ4v) is 6.37. The van der Waals surface area contributed by atoms with E-state index in [1.54, 1.807) is 31.1 Å². The number of methoxy groups -OCH3 is 1. The number of aromatic nitrogens is 1. The molecule has 204 valence electrons. The number of ether oxygens (including phenoxy) is 1. The van der Waals surface area contributed by atoms with Crippen molar-refractivity contribution in [2.75, 3.05) is 32.5 Å². The zero-order valence-electron chi connectivity index (χ0n) is 21.9. The largest absolute Gasteiger partial charge is 0.497 e. The van der Waals surface area contributed by atoms with Gasteiger partial charge in [-0.15, -0.1) is 11.8 Å². The van der Waals surface area contributed by atoms with Crippen LogP contribution in [-0.4, -0.2) is 58.6 Å². The van der Waals surface area contributed by atoms with Crippen LogP contribution in [0.25, 0.3) is 10.9 Å². The van der Waals surface area contributed by atoms with E-state index in [1.165, 1.54) is 6.07 Å². The van der Waals surface area contributed by atoms with Gasteiger partial charge >= 0.3 is 5.97 Å². The number of benzene rings is 2. The van der Waals surface area contributed by atoms with Crippen molar-refractivity contribution in [3.8, 4) is 5.75 Å². The molecule has 2 aromatic carbocycles. The SMILES string of the molecule is COc1ccc2nccc([C@@H](O)CCC3CCN(CCCSc4ccccc4F)CC3CCC(=O)O)c2c1. The Morgan fingerprint density at radius 3 is 2.84 bits per heavy atom. The molecule has 0 radical (unpaired) electrons. The molecule has 0 aliphatic carbocycles. The Kier molecular flexibility index (Phi) is 10.4. The summed E-state index contributed by atoms with van der Waals surface area (Å²) in [6.07, 6.45) is 5.31. The summed E-state index contributed by atoms with van der Waals surface area (Å²) in [7, 11) is 1.62. The van der Waals surface area contributed by atoms with Crippen molar-refractivity contribution in [2.24, 2.45) is 11.8 Å². The Bertz CT molecular complexity index is 1210. The highest BCUT2D eigenvalue weighted by molar-refractivity contribution is 7.99. The monoisotopic (exact) mass is 540 g/mol. The first-order valence-corrected chi connectivity index (χ1v) is 14.4. The van der Waals surface area contributed by atoms with Gasteiger partial charge in [0, 0.05) is 29.4 Å². The van der Waals surface area contributed by atoms with E-state index < -0.39 is 12.1 Å². The normalized spacial score (nSPS) is 18.9. The molecule has 1 aliphatic rings. The first kappa shape index (κ1) is 28.3. The second-order valence-electron chi connectivity index (χ2n) is 10.1. The number of aliphatic hydroxyl groups excluding tert-OH is 1. The van der Waals surface area contributed by atoms with Crippen LogP contribution >= 0.6 is 11.8 Å². The Morgan fingerprint density at radius 1 is 1.21 bits per heavy atom. The summed E-state index contributed by atoms with van der Waals surface area (Å²) in [5.74, 6) is 1.29. The number of thioether (sulfide) groups is 1. The lowest BCUT2D eigenvalue weighted by Gasteiger charge is -2.39. The van der Waals surface area contributed by atoms with E-state index in [4.69, 9.17) is 4.74 Å². The molecule has 38 heavy (non-hydrogen) atoms. The number of carbonyl (C=O) groups is 1. The zero-order valence-corrected chi connectivity index (χ0v) is 22.7. The van der Waals surface area contributed by atoms with E-state index in [0.29, 0.717) is 23.7 Å². The predicted octanol–water partition coefficient (Wildman–Crippen LogP) is 6.18. The topological polar surface area (TPSA) is 82.9 Å². The molecule has 0 amide bonds. The van der Waals surface area contributed by atoms with Crippen molar-refractivity contribution in [1.29, 1.82) is 0 Å². The molecule has 1 saturated heterocycles. The van der Waals surface area contributed by atoms with Crippen LogP contribution in [0.5, 0.6) is 5.75 Å². The summed E-state index contributed by atoms with van der Waals surface area (Å²) in [4.78, 5) is 18.8. The van der Waals surface area contributed by atoms with Crippen LogP contribution in [0, 0.1) is 17.7 Å². The lowest BCUT2D eigenvalue weighted by Crippen LogP contribution is -2.41. The van der Waals surface area contributed by atoms with Gasteiger partial charge in [0.2, 0.25) is 0 Å². The molecule has 0 saturated carbocycles. The van der Waals surface area contributed by atoms with Crippen molar-refractivity contribution >= 4 is 28.6 Å². The van der Waals surface area contributed by atoms with Gasteiger partial charge in [0.05, 0.1) is 18.7 Å². The van der Waals surface area contributed by atoms with Gasteiger partial charge in [-0.1, -0.05) is 12.1 Å². The number of aliphatic carboxylic acids is 1. The third-order valence-corrected chi connectivity index (χ3v) is 8.70. The molecule has 1 aliphatic heterocycles. The second kappa shape index (κ2) is 13.9. The molecule has 2 heterocycles. The summed E-state index contributed by atoms with van der Waals surface area (Å²) in [5.41, 5.74) is 1.67. The average molecular weight is 541 g/mol. The summed E-state index contributed by atoms with van der Waals surface area (Å²) in [5, 5.41) is 21.3. The quantitative estimate of drug-likeness (QED) is 0.198. The summed E-state index contributed by atoms with van der Waals surface area (Å²) < 4.78 is 19.2. The molecule has 2 N–H and O–H groups in total. The molecular formula is C30H37FN2O4S. The van der Waals surface area contributed by atoms with Crippen LogP contribution in [0.3, 0.4) is 0 Å². The van der Waals surface area contributed by atoms with Crippen molar-refractivity contribution < 1.29 is 24.1 Å². The van der Waals surface area contributed by atoms with Gasteiger partial charge in [-0.3, -0.25) is 9.78 Å². The molecule has 0 spiro atoms. The predicted molar refractivity (Wildman–Crippen MR) is 149 cm³/mol. The summed E-state index contributed by atoms with van der Waals surface area (Å²) in [6.45, 7) is 2.75. The molecule has 3 atom stereocenters. The van der Waals surface area contributed by atoms with Crippen LogP contribution in [0.1, 0.15) is 50.2 Å². The molecule has 1 fully saturated rings. The zero-order chi connectivity index (χ0) is 26.9. The standard InChI is InChI=1S/C30H37FN2O4S/c1-37-23-9-10-27-25(19-23)24(13-15-32-27)28(34)11-7-21-14-17-33(20-22(21)8-12-30(35)36)16-4-18-38-29-6-3-2-5-26(29)31/h2-3,5-6,9-10,13,15,19,21-22,28,34H,4,7-8,11-12,14,16-18,20H2,1H3,(H,35,36)/t21?,22?,28-/m0/s1. The fourth-order valence-electron chi connectivity index (χ4n) is 5.50. The van der Waals surface area contributed by atoms with Crippen LogP contribution in [0.2, 0.25) is 0 Å². The highest BCUT2D eigenvalue weighted by Crippen LogP contribution is 2.35. The van der Waals surface area contributed by atoms with E-state index >= 15 is 0 Å². The van der Waals surface area contributed by atoms with Gasteiger partial charge in [-0.05, 0) is 105 Å². The van der Waals surface area contributed by atoms with Crippen molar-refractivity contribution in [3.63, 3.8) is 0 Å². The van der Waals surface area contributed by atoms with E-state index in [-0.39, 0.29) is 18.2 Å². The van der Waals surface area contributed by atoms with Gasteiger partial charge in [-0.2, -0.15) is 0 Å². The van der Waals surface area contributed by atoms with E-state index in [1.807, 2.05) is 36.4 Å². The maximum Gasteiger partial charge on any atom is 0.303 e. The Labute approximate surface area is 228 Å². The van der Waals surface area contributed by atoms with Gasteiger partial charge < -0.3 is 19.8 Å². The van der Waals surface area contributed by atoms with Crippen LogP contribution in [0.15, 0.2) is 59.6 Å². The molecule has 3 aromatic rings. The highest BCUT2D eigenvalue weighted by atomic mass is 32.2. The molecule has 8 heteroatoms. The van der Waals surface area contributed by atoms with Crippen LogP contribution < -0.4 is 4.74 Å². The summed E-state index contributed by atoms with van der Waals surface area (Å²) >= 11 is 1.54. The second-order valence-corrected chi connectivity index (χ2v) is 11.2. The minimum atomic E-state index is -0.764. The fraction of sp³-hybridized carbons (Fsp3) is 0.467. The third-order valence-electron chi connectivity index (χ3n) is 7.57. The number of carboxylic acid groups (broad SMARTS) is 1. The van der Waals surface area contributed by atoms with E-state index in [2.05, 4.69) is 9.88 Å². The number of hydrogen-bond acceptors (Lipinski definition) is 6. The van der Waals surface area contributed by atoms with Crippen LogP contribution in [-0.2, 0) is 4.79 Å². The van der Waals surface area contributed by atoms with E-state index in [9.17, 15) is 19.4 Å². The maximum atomic E-state index is 13.9. The number of nitrogens with zero attached hydrogens (tertiary/aromatic N) is 2. The number of carboxylic acids is 1. The Hall–Kier alpha value is -2.68. The van der Waals surface area contributed by atoms with Crippen molar-refractivity contribution in [3.05, 3.63) is 66.1 Å². The van der Waals surface area contributed by atoms with Gasteiger partial charge in [-0.25, -0.2) is 4.39 Å². The number of fused-ring (bicyclic) bond motifs is 1. The Morgan fingerprint density at radius 2 is 2.05 bits per heavy atom. The average Bonchev–Trinajstić information content (AvgIpc) is 2.93. The first-order chi connectivity index (χ1) is 18.4. The minimum Gasteiger partial charge on any atom is -0.497 e.